The molecular formula is C16H24O4S2. The molecule has 0 amide bonds. The van der Waals surface area contributed by atoms with E-state index in [-0.39, 0.29) is 4.90 Å². The number of ketones is 1. The van der Waals surface area contributed by atoms with Gasteiger partial charge in [-0.3, -0.25) is 4.79 Å². The average Bonchev–Trinajstić information content (AvgIpc) is 2.84. The van der Waals surface area contributed by atoms with Gasteiger partial charge in [-0.1, -0.05) is 31.5 Å². The lowest BCUT2D eigenvalue weighted by atomic mass is 10.2. The normalized spacial score (nSPS) is 21.1. The lowest BCUT2D eigenvalue weighted by molar-refractivity contribution is -0.116. The first kappa shape index (κ1) is 19.2. The van der Waals surface area contributed by atoms with E-state index < -0.39 is 10.1 Å². The molecule has 0 saturated carbocycles. The molecular weight excluding hydrogens is 320 g/mol. The van der Waals surface area contributed by atoms with Gasteiger partial charge in [0.1, 0.15) is 21.6 Å². The van der Waals surface area contributed by atoms with Crippen LogP contribution in [0.4, 0.5) is 0 Å². The summed E-state index contributed by atoms with van der Waals surface area (Å²) >= 11 is 0. The number of Topliss-reactive ketones (excluding diaryl/α,β-unsaturated/α-hetero) is 1. The number of rotatable bonds is 4. The number of carbonyl (C=O) groups excluding carboxylic acids is 1. The molecule has 2 unspecified atom stereocenters. The van der Waals surface area contributed by atoms with Crippen molar-refractivity contribution in [2.45, 2.75) is 38.5 Å². The second-order valence-corrected chi connectivity index (χ2v) is 9.32. The predicted molar refractivity (Wildman–Crippen MR) is 90.2 cm³/mol. The van der Waals surface area contributed by atoms with E-state index in [9.17, 15) is 17.8 Å². The van der Waals surface area contributed by atoms with Gasteiger partial charge in [0.2, 0.25) is 0 Å². The number of hydrogen-bond donors (Lipinski definition) is 0. The minimum atomic E-state index is -4.27. The molecule has 1 saturated heterocycles. The Kier molecular flexibility index (Phi) is 7.59. The maximum Gasteiger partial charge on any atom is 0.181 e. The molecule has 4 nitrogen and oxygen atoms in total. The summed E-state index contributed by atoms with van der Waals surface area (Å²) in [6.07, 6.45) is 2.08. The quantitative estimate of drug-likeness (QED) is 0.621. The van der Waals surface area contributed by atoms with Crippen molar-refractivity contribution in [3.8, 4) is 0 Å². The van der Waals surface area contributed by atoms with Crippen LogP contribution in [0.2, 0.25) is 0 Å². The minimum absolute atomic E-state index is 0.178. The SMILES string of the molecule is CCC(=O)C[S+]1CCC(C)C1.Cc1ccc(S(=O)(=O)[O-])cc1. The Balaban J connectivity index is 0.000000220. The van der Waals surface area contributed by atoms with Crippen LogP contribution >= 0.6 is 0 Å². The Morgan fingerprint density at radius 1 is 1.32 bits per heavy atom. The lowest BCUT2D eigenvalue weighted by Gasteiger charge is -2.05. The van der Waals surface area contributed by atoms with Crippen LogP contribution in [0.25, 0.3) is 0 Å². The summed E-state index contributed by atoms with van der Waals surface area (Å²) in [5.74, 6) is 4.84. The first-order chi connectivity index (χ1) is 10.2. The van der Waals surface area contributed by atoms with E-state index >= 15 is 0 Å². The molecule has 1 heterocycles. The van der Waals surface area contributed by atoms with E-state index in [1.165, 1.54) is 30.1 Å². The van der Waals surface area contributed by atoms with Crippen LogP contribution in [0, 0.1) is 12.8 Å². The van der Waals surface area contributed by atoms with E-state index in [1.807, 2.05) is 13.8 Å². The van der Waals surface area contributed by atoms with Gasteiger partial charge < -0.3 is 4.55 Å². The highest BCUT2D eigenvalue weighted by Crippen LogP contribution is 2.19. The largest absolute Gasteiger partial charge is 0.744 e. The molecule has 6 heteroatoms. The van der Waals surface area contributed by atoms with Crippen LogP contribution in [0.15, 0.2) is 29.2 Å². The second kappa shape index (κ2) is 8.70. The van der Waals surface area contributed by atoms with Gasteiger partial charge in [-0.15, -0.1) is 0 Å². The highest BCUT2D eigenvalue weighted by molar-refractivity contribution is 7.97. The molecule has 1 fully saturated rings. The summed E-state index contributed by atoms with van der Waals surface area (Å²) in [4.78, 5) is 10.9. The van der Waals surface area contributed by atoms with Crippen molar-refractivity contribution in [3.63, 3.8) is 0 Å². The Hall–Kier alpha value is -0.850. The molecule has 124 valence electrons. The zero-order valence-electron chi connectivity index (χ0n) is 13.4. The van der Waals surface area contributed by atoms with E-state index in [0.717, 1.165) is 23.7 Å². The topological polar surface area (TPSA) is 74.3 Å². The third kappa shape index (κ3) is 6.94. The van der Waals surface area contributed by atoms with Crippen molar-refractivity contribution in [2.75, 3.05) is 17.3 Å². The first-order valence-corrected chi connectivity index (χ1v) is 10.5. The van der Waals surface area contributed by atoms with E-state index in [4.69, 9.17) is 0 Å². The molecule has 0 N–H and O–H groups in total. The van der Waals surface area contributed by atoms with E-state index in [1.54, 1.807) is 12.1 Å². The molecule has 22 heavy (non-hydrogen) atoms. The molecule has 2 atom stereocenters. The van der Waals surface area contributed by atoms with Crippen LogP contribution in [-0.4, -0.2) is 36.0 Å². The van der Waals surface area contributed by atoms with E-state index in [2.05, 4.69) is 6.92 Å². The molecule has 0 spiro atoms. The van der Waals surface area contributed by atoms with Crippen molar-refractivity contribution < 1.29 is 17.8 Å². The number of hydrogen-bond acceptors (Lipinski definition) is 4. The van der Waals surface area contributed by atoms with Crippen LogP contribution in [0.3, 0.4) is 0 Å². The Labute approximate surface area is 136 Å². The maximum absolute atomic E-state index is 11.1. The van der Waals surface area contributed by atoms with Crippen molar-refractivity contribution in [1.82, 2.24) is 0 Å². The fourth-order valence-corrected chi connectivity index (χ4v) is 5.37. The average molecular weight is 344 g/mol. The summed E-state index contributed by atoms with van der Waals surface area (Å²) in [5.41, 5.74) is 0.928. The van der Waals surface area contributed by atoms with Crippen molar-refractivity contribution in [2.24, 2.45) is 5.92 Å². The van der Waals surface area contributed by atoms with Gasteiger partial charge in [0.25, 0.3) is 0 Å². The highest BCUT2D eigenvalue weighted by Gasteiger charge is 2.30. The standard InChI is InChI=1S/C9H17OS.C7H8O3S/c1-3-9(10)7-11-5-4-8(2)6-11;1-6-2-4-7(5-3-6)11(8,9)10/h8H,3-7H2,1-2H3;2-5H,1H3,(H,8,9,10)/q+1;/p-1. The zero-order chi connectivity index (χ0) is 16.8. The molecule has 2 rings (SSSR count). The highest BCUT2D eigenvalue weighted by atomic mass is 32.2. The smallest absolute Gasteiger partial charge is 0.181 e. The lowest BCUT2D eigenvalue weighted by Crippen LogP contribution is -2.17. The summed E-state index contributed by atoms with van der Waals surface area (Å²) < 4.78 is 31.2. The Morgan fingerprint density at radius 3 is 2.32 bits per heavy atom. The fourth-order valence-electron chi connectivity index (χ4n) is 2.10. The third-order valence-corrected chi connectivity index (χ3v) is 6.92. The minimum Gasteiger partial charge on any atom is -0.744 e. The first-order valence-electron chi connectivity index (χ1n) is 7.40. The van der Waals surface area contributed by atoms with Crippen LogP contribution < -0.4 is 0 Å². The molecule has 1 aromatic carbocycles. The van der Waals surface area contributed by atoms with Gasteiger partial charge in [0, 0.05) is 12.3 Å². The summed E-state index contributed by atoms with van der Waals surface area (Å²) in [6, 6.07) is 5.78. The van der Waals surface area contributed by atoms with Gasteiger partial charge in [0.15, 0.2) is 11.5 Å². The Morgan fingerprint density at radius 2 is 1.91 bits per heavy atom. The van der Waals surface area contributed by atoms with Gasteiger partial charge in [-0.05, 0) is 36.4 Å². The molecule has 1 aromatic rings. The summed E-state index contributed by atoms with van der Waals surface area (Å²) in [6.45, 7) is 6.08. The number of aryl methyl sites for hydroxylation is 1. The monoisotopic (exact) mass is 344 g/mol. The second-order valence-electron chi connectivity index (χ2n) is 5.68. The van der Waals surface area contributed by atoms with Gasteiger partial charge in [0.05, 0.1) is 4.90 Å². The Bertz CT molecular complexity index is 579. The molecule has 0 radical (unpaired) electrons. The number of benzene rings is 1. The molecule has 0 bridgehead atoms. The van der Waals surface area contributed by atoms with Crippen LogP contribution in [-0.2, 0) is 25.8 Å². The van der Waals surface area contributed by atoms with Crippen LogP contribution in [0.5, 0.6) is 0 Å². The summed E-state index contributed by atoms with van der Waals surface area (Å²) in [7, 11) is -3.81. The van der Waals surface area contributed by atoms with Crippen molar-refractivity contribution in [3.05, 3.63) is 29.8 Å². The third-order valence-electron chi connectivity index (χ3n) is 3.49. The molecule has 1 aliphatic rings. The maximum atomic E-state index is 11.1. The number of carbonyl (C=O) groups is 1. The van der Waals surface area contributed by atoms with Gasteiger partial charge in [-0.25, -0.2) is 8.42 Å². The van der Waals surface area contributed by atoms with Gasteiger partial charge >= 0.3 is 0 Å². The zero-order valence-corrected chi connectivity index (χ0v) is 15.0. The molecule has 0 aliphatic carbocycles. The molecule has 1 aliphatic heterocycles. The van der Waals surface area contributed by atoms with Gasteiger partial charge in [-0.2, -0.15) is 0 Å². The van der Waals surface area contributed by atoms with Crippen molar-refractivity contribution in [1.29, 1.82) is 0 Å². The fraction of sp³-hybridized carbons (Fsp3) is 0.562. The van der Waals surface area contributed by atoms with Crippen LogP contribution in [0.1, 0.15) is 32.3 Å². The predicted octanol–water partition coefficient (Wildman–Crippen LogP) is 2.52. The summed E-state index contributed by atoms with van der Waals surface area (Å²) in [5, 5.41) is 0. The van der Waals surface area contributed by atoms with E-state index in [0.29, 0.717) is 16.7 Å². The molecule has 0 aromatic heterocycles. The van der Waals surface area contributed by atoms with Crippen molar-refractivity contribution >= 4 is 26.8 Å².